The summed E-state index contributed by atoms with van der Waals surface area (Å²) in [4.78, 5) is 37.1. The molecule has 3 atom stereocenters. The normalized spacial score (nSPS) is 13.2. The molecule has 9 heteroatoms. The quantitative estimate of drug-likeness (QED) is 0.475. The van der Waals surface area contributed by atoms with E-state index in [9.17, 15) is 19.5 Å². The van der Waals surface area contributed by atoms with Gasteiger partial charge in [0, 0.05) is 6.42 Å². The minimum Gasteiger partial charge on any atom is -0.497 e. The third kappa shape index (κ3) is 7.59. The number of carbonyl (C=O) groups is 3. The van der Waals surface area contributed by atoms with Crippen molar-refractivity contribution in [1.29, 1.82) is 0 Å². The molecule has 2 aromatic rings. The van der Waals surface area contributed by atoms with Crippen molar-refractivity contribution in [2.75, 3.05) is 14.2 Å². The van der Waals surface area contributed by atoms with E-state index in [4.69, 9.17) is 14.2 Å². The first-order valence-electron chi connectivity index (χ1n) is 10.0. The highest BCUT2D eigenvalue weighted by Gasteiger charge is 2.30. The van der Waals surface area contributed by atoms with Crippen LogP contribution in [0.2, 0.25) is 0 Å². The molecular formula is C23H28N2O7. The number of hydrogen-bond acceptors (Lipinski definition) is 7. The fourth-order valence-corrected chi connectivity index (χ4v) is 2.93. The van der Waals surface area contributed by atoms with Gasteiger partial charge in [0.2, 0.25) is 5.91 Å². The van der Waals surface area contributed by atoms with Crippen LogP contribution in [0.5, 0.6) is 5.75 Å². The fraction of sp³-hybridized carbons (Fsp3) is 0.348. The first-order chi connectivity index (χ1) is 15.3. The van der Waals surface area contributed by atoms with Gasteiger partial charge in [0.15, 0.2) is 0 Å². The number of esters is 1. The topological polar surface area (TPSA) is 123 Å². The van der Waals surface area contributed by atoms with Gasteiger partial charge in [-0.25, -0.2) is 9.59 Å². The molecule has 0 fully saturated rings. The van der Waals surface area contributed by atoms with Crippen molar-refractivity contribution in [3.05, 3.63) is 65.7 Å². The lowest BCUT2D eigenvalue weighted by atomic mass is 10.0. The number of methoxy groups -OCH3 is 2. The minimum atomic E-state index is -1.34. The molecule has 0 saturated heterocycles. The Balaban J connectivity index is 2.03. The van der Waals surface area contributed by atoms with Crippen molar-refractivity contribution in [2.45, 2.75) is 38.1 Å². The van der Waals surface area contributed by atoms with Crippen LogP contribution in [0, 0.1) is 0 Å². The first-order valence-corrected chi connectivity index (χ1v) is 10.0. The molecule has 32 heavy (non-hydrogen) atoms. The van der Waals surface area contributed by atoms with Crippen molar-refractivity contribution in [1.82, 2.24) is 10.6 Å². The van der Waals surface area contributed by atoms with E-state index >= 15 is 0 Å². The van der Waals surface area contributed by atoms with Gasteiger partial charge in [-0.3, -0.25) is 4.79 Å². The summed E-state index contributed by atoms with van der Waals surface area (Å²) < 4.78 is 15.1. The van der Waals surface area contributed by atoms with E-state index in [1.165, 1.54) is 21.1 Å². The second-order valence-corrected chi connectivity index (χ2v) is 7.06. The maximum atomic E-state index is 12.8. The van der Waals surface area contributed by atoms with Gasteiger partial charge in [0.05, 0.1) is 20.3 Å². The standard InChI is InChI=1S/C23H28N2O7/c1-15(26)20(25-23(29)32-14-16-8-5-4-6-9-16)21(27)24-19(22(28)31-3)13-17-10-7-11-18(12-17)30-2/h4-12,15,19-20,26H,13-14H2,1-3H3,(H,24,27)(H,25,29)/t15-,19-,20+/m1/s1. The number of aliphatic hydroxyl groups is 1. The number of benzene rings is 2. The number of alkyl carbamates (subject to hydrolysis) is 1. The number of amides is 2. The number of rotatable bonds is 10. The van der Waals surface area contributed by atoms with Crippen LogP contribution in [0.1, 0.15) is 18.1 Å². The van der Waals surface area contributed by atoms with Crippen molar-refractivity contribution in [3.63, 3.8) is 0 Å². The number of aliphatic hydroxyl groups excluding tert-OH is 1. The van der Waals surface area contributed by atoms with Crippen LogP contribution in [0.15, 0.2) is 54.6 Å². The van der Waals surface area contributed by atoms with E-state index in [1.807, 2.05) is 6.07 Å². The summed E-state index contributed by atoms with van der Waals surface area (Å²) in [6.45, 7) is 1.35. The third-order valence-electron chi connectivity index (χ3n) is 4.63. The fourth-order valence-electron chi connectivity index (χ4n) is 2.93. The predicted octanol–water partition coefficient (Wildman–Crippen LogP) is 1.57. The van der Waals surface area contributed by atoms with Gasteiger partial charge in [-0.2, -0.15) is 0 Å². The van der Waals surface area contributed by atoms with E-state index in [0.717, 1.165) is 11.1 Å². The molecule has 0 aliphatic rings. The van der Waals surface area contributed by atoms with Gasteiger partial charge < -0.3 is 30.0 Å². The van der Waals surface area contributed by atoms with E-state index < -0.39 is 36.2 Å². The zero-order valence-electron chi connectivity index (χ0n) is 18.2. The van der Waals surface area contributed by atoms with Crippen LogP contribution in [-0.4, -0.2) is 55.5 Å². The van der Waals surface area contributed by atoms with Crippen molar-refractivity contribution < 1.29 is 33.7 Å². The second kappa shape index (κ2) is 12.3. The average molecular weight is 444 g/mol. The Morgan fingerprint density at radius 1 is 0.969 bits per heavy atom. The summed E-state index contributed by atoms with van der Waals surface area (Å²) in [6.07, 6.45) is -1.99. The third-order valence-corrected chi connectivity index (χ3v) is 4.63. The van der Waals surface area contributed by atoms with Crippen LogP contribution in [0.3, 0.4) is 0 Å². The Labute approximate surface area is 186 Å². The molecule has 0 aromatic heterocycles. The SMILES string of the molecule is COC(=O)[C@@H](Cc1cccc(OC)c1)NC(=O)[C@@H](NC(=O)OCc1ccccc1)[C@@H](C)O. The van der Waals surface area contributed by atoms with Crippen LogP contribution in [-0.2, 0) is 32.1 Å². The molecule has 2 aromatic carbocycles. The zero-order chi connectivity index (χ0) is 23.5. The van der Waals surface area contributed by atoms with E-state index in [1.54, 1.807) is 48.5 Å². The summed E-state index contributed by atoms with van der Waals surface area (Å²) in [5, 5.41) is 14.9. The molecule has 0 unspecified atom stereocenters. The van der Waals surface area contributed by atoms with Gasteiger partial charge in [-0.05, 0) is 30.2 Å². The number of carbonyl (C=O) groups excluding carboxylic acids is 3. The summed E-state index contributed by atoms with van der Waals surface area (Å²) in [6, 6.07) is 13.6. The Hall–Kier alpha value is -3.59. The lowest BCUT2D eigenvalue weighted by Gasteiger charge is -2.24. The van der Waals surface area contributed by atoms with Gasteiger partial charge in [-0.1, -0.05) is 42.5 Å². The van der Waals surface area contributed by atoms with Crippen LogP contribution in [0.25, 0.3) is 0 Å². The highest BCUT2D eigenvalue weighted by Crippen LogP contribution is 2.14. The zero-order valence-corrected chi connectivity index (χ0v) is 18.2. The maximum Gasteiger partial charge on any atom is 0.408 e. The molecule has 2 rings (SSSR count). The van der Waals surface area contributed by atoms with E-state index in [-0.39, 0.29) is 13.0 Å². The Kier molecular flexibility index (Phi) is 9.49. The molecule has 0 saturated carbocycles. The lowest BCUT2D eigenvalue weighted by molar-refractivity contribution is -0.145. The lowest BCUT2D eigenvalue weighted by Crippen LogP contribution is -2.56. The van der Waals surface area contributed by atoms with Gasteiger partial charge in [0.1, 0.15) is 24.4 Å². The van der Waals surface area contributed by atoms with Crippen LogP contribution in [0.4, 0.5) is 4.79 Å². The van der Waals surface area contributed by atoms with Crippen molar-refractivity contribution in [2.24, 2.45) is 0 Å². The number of nitrogens with one attached hydrogen (secondary N) is 2. The molecule has 9 nitrogen and oxygen atoms in total. The maximum absolute atomic E-state index is 12.8. The van der Waals surface area contributed by atoms with Crippen LogP contribution < -0.4 is 15.4 Å². The van der Waals surface area contributed by atoms with Crippen LogP contribution >= 0.6 is 0 Å². The molecule has 3 N–H and O–H groups in total. The average Bonchev–Trinajstić information content (AvgIpc) is 2.80. The Bertz CT molecular complexity index is 902. The molecule has 172 valence electrons. The molecule has 0 bridgehead atoms. The van der Waals surface area contributed by atoms with Gasteiger partial charge in [-0.15, -0.1) is 0 Å². The predicted molar refractivity (Wildman–Crippen MR) is 116 cm³/mol. The molecule has 0 heterocycles. The second-order valence-electron chi connectivity index (χ2n) is 7.06. The summed E-state index contributed by atoms with van der Waals surface area (Å²) >= 11 is 0. The van der Waals surface area contributed by atoms with Gasteiger partial charge >= 0.3 is 12.1 Å². The molecule has 0 spiro atoms. The van der Waals surface area contributed by atoms with Gasteiger partial charge in [0.25, 0.3) is 0 Å². The van der Waals surface area contributed by atoms with E-state index in [2.05, 4.69) is 10.6 Å². The minimum absolute atomic E-state index is 0.00144. The summed E-state index contributed by atoms with van der Waals surface area (Å²) in [5.41, 5.74) is 1.49. The summed E-state index contributed by atoms with van der Waals surface area (Å²) in [7, 11) is 2.73. The molecular weight excluding hydrogens is 416 g/mol. The van der Waals surface area contributed by atoms with Crippen molar-refractivity contribution >= 4 is 18.0 Å². The number of hydrogen-bond donors (Lipinski definition) is 3. The van der Waals surface area contributed by atoms with Crippen molar-refractivity contribution in [3.8, 4) is 5.75 Å². The molecule has 0 aliphatic heterocycles. The molecule has 0 aliphatic carbocycles. The summed E-state index contributed by atoms with van der Waals surface area (Å²) in [5.74, 6) is -0.825. The highest BCUT2D eigenvalue weighted by atomic mass is 16.5. The largest absolute Gasteiger partial charge is 0.497 e. The Morgan fingerprint density at radius 2 is 1.66 bits per heavy atom. The Morgan fingerprint density at radius 3 is 2.28 bits per heavy atom. The highest BCUT2D eigenvalue weighted by molar-refractivity contribution is 5.90. The number of ether oxygens (including phenoxy) is 3. The first kappa shape index (κ1) is 24.7. The molecule has 0 radical (unpaired) electrons. The van der Waals surface area contributed by atoms with E-state index in [0.29, 0.717) is 5.75 Å². The monoisotopic (exact) mass is 444 g/mol. The smallest absolute Gasteiger partial charge is 0.408 e. The molecule has 2 amide bonds.